The first-order valence-corrected chi connectivity index (χ1v) is 9.59. The smallest absolute Gasteiger partial charge is 0.223 e. The lowest BCUT2D eigenvalue weighted by atomic mass is 9.85. The van der Waals surface area contributed by atoms with E-state index in [4.69, 9.17) is 0 Å². The van der Waals surface area contributed by atoms with Crippen molar-refractivity contribution < 1.29 is 9.59 Å². The quantitative estimate of drug-likeness (QED) is 0.923. The lowest BCUT2D eigenvalue weighted by molar-refractivity contribution is -0.136. The van der Waals surface area contributed by atoms with E-state index in [1.165, 1.54) is 4.88 Å². The van der Waals surface area contributed by atoms with Crippen LogP contribution >= 0.6 is 11.3 Å². The fraction of sp³-hybridized carbons (Fsp3) is 0.667. The molecule has 0 radical (unpaired) electrons. The fourth-order valence-corrected chi connectivity index (χ4v) is 4.73. The average Bonchev–Trinajstić information content (AvgIpc) is 2.92. The minimum Gasteiger partial charge on any atom is -0.349 e. The second-order valence-corrected chi connectivity index (χ2v) is 8.03. The van der Waals surface area contributed by atoms with Crippen LogP contribution < -0.4 is 5.32 Å². The van der Waals surface area contributed by atoms with Gasteiger partial charge in [0.1, 0.15) is 0 Å². The molecule has 3 heterocycles. The van der Waals surface area contributed by atoms with E-state index < -0.39 is 0 Å². The third-order valence-corrected chi connectivity index (χ3v) is 6.19. The Labute approximate surface area is 142 Å². The molecule has 0 unspecified atom stereocenters. The van der Waals surface area contributed by atoms with Crippen molar-refractivity contribution in [2.75, 3.05) is 6.54 Å². The fourth-order valence-electron chi connectivity index (χ4n) is 4.03. The first-order valence-electron chi connectivity index (χ1n) is 8.71. The van der Waals surface area contributed by atoms with Gasteiger partial charge in [-0.3, -0.25) is 9.59 Å². The Morgan fingerprint density at radius 3 is 3.09 bits per heavy atom. The number of hydrogen-bond donors (Lipinski definition) is 1. The number of nitrogens with zero attached hydrogens (tertiary/aromatic N) is 1. The summed E-state index contributed by atoms with van der Waals surface area (Å²) in [6, 6.07) is 4.28. The predicted molar refractivity (Wildman–Crippen MR) is 92.4 cm³/mol. The van der Waals surface area contributed by atoms with Crippen LogP contribution in [-0.2, 0) is 16.0 Å². The Kier molecular flexibility index (Phi) is 5.05. The summed E-state index contributed by atoms with van der Waals surface area (Å²) in [4.78, 5) is 28.2. The number of fused-ring (bicyclic) bond motifs is 1. The first-order chi connectivity index (χ1) is 11.1. The molecule has 0 spiro atoms. The van der Waals surface area contributed by atoms with Crippen molar-refractivity contribution in [3.8, 4) is 0 Å². The summed E-state index contributed by atoms with van der Waals surface area (Å²) in [6.45, 7) is 2.96. The van der Waals surface area contributed by atoms with Crippen LogP contribution in [0, 0.1) is 0 Å². The molecule has 0 bridgehead atoms. The van der Waals surface area contributed by atoms with Crippen LogP contribution in [0.2, 0.25) is 0 Å². The lowest BCUT2D eigenvalue weighted by Crippen LogP contribution is -2.59. The summed E-state index contributed by atoms with van der Waals surface area (Å²) in [5.41, 5.74) is -0.261. The van der Waals surface area contributed by atoms with Crippen molar-refractivity contribution in [2.45, 2.75) is 69.9 Å². The molecule has 3 rings (SSSR count). The number of carbonyl (C=O) groups excluding carboxylic acids is 2. The molecule has 2 aliphatic rings. The van der Waals surface area contributed by atoms with Crippen molar-refractivity contribution in [3.05, 3.63) is 22.4 Å². The van der Waals surface area contributed by atoms with Gasteiger partial charge in [-0.25, -0.2) is 0 Å². The van der Waals surface area contributed by atoms with Crippen LogP contribution in [-0.4, -0.2) is 34.8 Å². The molecule has 0 aliphatic carbocycles. The van der Waals surface area contributed by atoms with Gasteiger partial charge >= 0.3 is 0 Å². The second-order valence-electron chi connectivity index (χ2n) is 7.00. The normalized spacial score (nSPS) is 28.5. The number of rotatable bonds is 3. The molecular weight excluding hydrogens is 308 g/mol. The Balaban J connectivity index is 1.73. The van der Waals surface area contributed by atoms with Crippen LogP contribution in [0.25, 0.3) is 0 Å². The topological polar surface area (TPSA) is 49.4 Å². The maximum Gasteiger partial charge on any atom is 0.223 e. The largest absolute Gasteiger partial charge is 0.349 e. The van der Waals surface area contributed by atoms with Gasteiger partial charge in [0.25, 0.3) is 0 Å². The molecule has 0 aromatic carbocycles. The summed E-state index contributed by atoms with van der Waals surface area (Å²) in [5, 5.41) is 5.28. The van der Waals surface area contributed by atoms with E-state index in [1.54, 1.807) is 11.3 Å². The molecule has 2 saturated heterocycles. The summed E-state index contributed by atoms with van der Waals surface area (Å²) in [7, 11) is 0. The number of likely N-dealkylation sites (tertiary alicyclic amines) is 1. The molecule has 4 nitrogen and oxygen atoms in total. The molecule has 2 amide bonds. The molecule has 1 N–H and O–H groups in total. The Morgan fingerprint density at radius 1 is 1.43 bits per heavy atom. The highest BCUT2D eigenvalue weighted by Gasteiger charge is 2.43. The number of aryl methyl sites for hydroxylation is 1. The third kappa shape index (κ3) is 3.77. The SMILES string of the molecule is C[C@]12CCCCN(C(=O)CCc3cccs3)[C@H]1CCCC(=O)N2. The van der Waals surface area contributed by atoms with Crippen LogP contribution in [0.4, 0.5) is 0 Å². The molecule has 23 heavy (non-hydrogen) atoms. The van der Waals surface area contributed by atoms with Crippen molar-refractivity contribution in [3.63, 3.8) is 0 Å². The Bertz CT molecular complexity index is 557. The highest BCUT2D eigenvalue weighted by molar-refractivity contribution is 7.09. The standard InChI is InChI=1S/C18H26N2O2S/c1-18-11-2-3-12-20(15(18)7-4-8-16(21)19-18)17(22)10-9-14-6-5-13-23-14/h5-6,13,15H,2-4,7-12H2,1H3,(H,19,21)/t15-,18-/m0/s1. The van der Waals surface area contributed by atoms with Gasteiger partial charge in [0.15, 0.2) is 0 Å². The number of thiophene rings is 1. The molecule has 0 saturated carbocycles. The van der Waals surface area contributed by atoms with Gasteiger partial charge in [0.05, 0.1) is 11.6 Å². The monoisotopic (exact) mass is 334 g/mol. The highest BCUT2D eigenvalue weighted by Crippen LogP contribution is 2.33. The van der Waals surface area contributed by atoms with E-state index >= 15 is 0 Å². The predicted octanol–water partition coefficient (Wildman–Crippen LogP) is 3.12. The molecule has 1 aromatic rings. The zero-order valence-corrected chi connectivity index (χ0v) is 14.7. The summed E-state index contributed by atoms with van der Waals surface area (Å²) < 4.78 is 0. The Morgan fingerprint density at radius 2 is 2.30 bits per heavy atom. The van der Waals surface area contributed by atoms with Gasteiger partial charge in [-0.15, -0.1) is 11.3 Å². The number of carbonyl (C=O) groups is 2. The van der Waals surface area contributed by atoms with E-state index in [2.05, 4.69) is 28.6 Å². The summed E-state index contributed by atoms with van der Waals surface area (Å²) >= 11 is 1.71. The second kappa shape index (κ2) is 7.04. The van der Waals surface area contributed by atoms with Gasteiger partial charge in [-0.1, -0.05) is 6.07 Å². The van der Waals surface area contributed by atoms with Gasteiger partial charge in [0, 0.05) is 24.3 Å². The van der Waals surface area contributed by atoms with Crippen molar-refractivity contribution in [2.24, 2.45) is 0 Å². The molecule has 5 heteroatoms. The van der Waals surface area contributed by atoms with Crippen LogP contribution in [0.3, 0.4) is 0 Å². The summed E-state index contributed by atoms with van der Waals surface area (Å²) in [6.07, 6.45) is 6.86. The maximum absolute atomic E-state index is 12.9. The minimum absolute atomic E-state index is 0.142. The molecular formula is C18H26N2O2S. The average molecular weight is 334 g/mol. The zero-order valence-electron chi connectivity index (χ0n) is 13.8. The van der Waals surface area contributed by atoms with Gasteiger partial charge < -0.3 is 10.2 Å². The first kappa shape index (κ1) is 16.5. The van der Waals surface area contributed by atoms with Crippen LogP contribution in [0.15, 0.2) is 17.5 Å². The highest BCUT2D eigenvalue weighted by atomic mass is 32.1. The van der Waals surface area contributed by atoms with Crippen LogP contribution in [0.1, 0.15) is 56.7 Å². The van der Waals surface area contributed by atoms with Gasteiger partial charge in [0.2, 0.25) is 11.8 Å². The lowest BCUT2D eigenvalue weighted by Gasteiger charge is -2.41. The minimum atomic E-state index is -0.261. The molecule has 126 valence electrons. The van der Waals surface area contributed by atoms with E-state index in [-0.39, 0.29) is 23.4 Å². The van der Waals surface area contributed by atoms with E-state index in [9.17, 15) is 9.59 Å². The van der Waals surface area contributed by atoms with Gasteiger partial charge in [-0.2, -0.15) is 0 Å². The zero-order chi connectivity index (χ0) is 16.3. The number of hydrogen-bond acceptors (Lipinski definition) is 3. The Hall–Kier alpha value is -1.36. The van der Waals surface area contributed by atoms with E-state index in [1.807, 2.05) is 6.07 Å². The van der Waals surface area contributed by atoms with Crippen molar-refractivity contribution >= 4 is 23.2 Å². The molecule has 1 aromatic heterocycles. The van der Waals surface area contributed by atoms with Crippen LogP contribution in [0.5, 0.6) is 0 Å². The van der Waals surface area contributed by atoms with Crippen molar-refractivity contribution in [1.82, 2.24) is 10.2 Å². The number of nitrogens with one attached hydrogen (secondary N) is 1. The third-order valence-electron chi connectivity index (χ3n) is 5.25. The summed E-state index contributed by atoms with van der Waals surface area (Å²) in [5.74, 6) is 0.385. The molecule has 2 fully saturated rings. The van der Waals surface area contributed by atoms with E-state index in [0.29, 0.717) is 12.8 Å². The number of amides is 2. The molecule has 2 atom stereocenters. The molecule has 2 aliphatic heterocycles. The maximum atomic E-state index is 12.9. The van der Waals surface area contributed by atoms with Gasteiger partial charge in [-0.05, 0) is 56.9 Å². The van der Waals surface area contributed by atoms with E-state index in [0.717, 1.165) is 45.1 Å². The van der Waals surface area contributed by atoms with Crippen molar-refractivity contribution in [1.29, 1.82) is 0 Å².